The minimum atomic E-state index is 0.202. The van der Waals surface area contributed by atoms with Crippen LogP contribution in [0.3, 0.4) is 0 Å². The van der Waals surface area contributed by atoms with Crippen molar-refractivity contribution in [1.29, 1.82) is 0 Å². The Morgan fingerprint density at radius 2 is 1.85 bits per heavy atom. The summed E-state index contributed by atoms with van der Waals surface area (Å²) >= 11 is 0. The third-order valence-corrected chi connectivity index (χ3v) is 3.00. The summed E-state index contributed by atoms with van der Waals surface area (Å²) in [7, 11) is 0. The SMILES string of the molecule is CCCCC(CC)(CC)CO[C]=O. The highest BCUT2D eigenvalue weighted by Crippen LogP contribution is 2.32. The predicted octanol–water partition coefficient (Wildman–Crippen LogP) is 3.07. The maximum atomic E-state index is 10.0. The molecule has 0 atom stereocenters. The van der Waals surface area contributed by atoms with E-state index in [1.807, 2.05) is 0 Å². The van der Waals surface area contributed by atoms with Gasteiger partial charge in [0.1, 0.15) is 0 Å². The molecule has 0 fully saturated rings. The van der Waals surface area contributed by atoms with Crippen molar-refractivity contribution in [3.63, 3.8) is 0 Å². The molecule has 0 aromatic rings. The van der Waals surface area contributed by atoms with E-state index in [1.54, 1.807) is 0 Å². The zero-order valence-electron chi connectivity index (χ0n) is 9.06. The van der Waals surface area contributed by atoms with E-state index in [2.05, 4.69) is 20.8 Å². The number of rotatable bonds is 8. The summed E-state index contributed by atoms with van der Waals surface area (Å²) in [5.41, 5.74) is 0.202. The molecule has 0 spiro atoms. The summed E-state index contributed by atoms with van der Waals surface area (Å²) in [6, 6.07) is 0. The average molecular weight is 185 g/mol. The van der Waals surface area contributed by atoms with Crippen LogP contribution in [0.5, 0.6) is 0 Å². The fraction of sp³-hybridized carbons (Fsp3) is 0.909. The molecule has 0 saturated carbocycles. The minimum Gasteiger partial charge on any atom is -0.457 e. The van der Waals surface area contributed by atoms with Gasteiger partial charge in [0.15, 0.2) is 0 Å². The molecule has 2 heteroatoms. The molecule has 0 aromatic heterocycles. The van der Waals surface area contributed by atoms with Crippen molar-refractivity contribution in [2.75, 3.05) is 6.61 Å². The van der Waals surface area contributed by atoms with Crippen LogP contribution in [-0.2, 0) is 9.53 Å². The van der Waals surface area contributed by atoms with Crippen molar-refractivity contribution in [2.24, 2.45) is 5.41 Å². The fourth-order valence-corrected chi connectivity index (χ4v) is 1.61. The lowest BCUT2D eigenvalue weighted by Gasteiger charge is -2.30. The van der Waals surface area contributed by atoms with Crippen molar-refractivity contribution in [1.82, 2.24) is 0 Å². The van der Waals surface area contributed by atoms with Gasteiger partial charge in [-0.05, 0) is 19.3 Å². The number of hydrogen-bond donors (Lipinski definition) is 0. The van der Waals surface area contributed by atoms with E-state index >= 15 is 0 Å². The molecule has 0 bridgehead atoms. The van der Waals surface area contributed by atoms with Crippen LogP contribution >= 0.6 is 0 Å². The standard InChI is InChI=1S/C11H21O2/c1-4-7-8-11(5-2,6-3)9-13-10-12/h4-9H2,1-3H3. The first kappa shape index (κ1) is 12.5. The van der Waals surface area contributed by atoms with Crippen LogP contribution in [0.25, 0.3) is 0 Å². The van der Waals surface area contributed by atoms with Crippen LogP contribution < -0.4 is 0 Å². The van der Waals surface area contributed by atoms with E-state index in [1.165, 1.54) is 19.3 Å². The molecule has 0 rings (SSSR count). The van der Waals surface area contributed by atoms with E-state index in [0.717, 1.165) is 19.3 Å². The van der Waals surface area contributed by atoms with Crippen LogP contribution in [0.1, 0.15) is 52.9 Å². The van der Waals surface area contributed by atoms with Gasteiger partial charge in [-0.15, -0.1) is 0 Å². The molecule has 77 valence electrons. The second kappa shape index (κ2) is 6.93. The summed E-state index contributed by atoms with van der Waals surface area (Å²) in [5.74, 6) is 0. The average Bonchev–Trinajstić information content (AvgIpc) is 2.20. The Bertz CT molecular complexity index is 128. The molecule has 1 radical (unpaired) electrons. The lowest BCUT2D eigenvalue weighted by atomic mass is 9.79. The highest BCUT2D eigenvalue weighted by atomic mass is 16.5. The van der Waals surface area contributed by atoms with Crippen LogP contribution in [0.2, 0.25) is 0 Å². The van der Waals surface area contributed by atoms with Gasteiger partial charge in [-0.3, -0.25) is 0 Å². The first-order chi connectivity index (χ1) is 6.24. The summed E-state index contributed by atoms with van der Waals surface area (Å²) < 4.78 is 4.77. The van der Waals surface area contributed by atoms with Gasteiger partial charge in [0.25, 0.3) is 0 Å². The second-order valence-electron chi connectivity index (χ2n) is 3.68. The summed E-state index contributed by atoms with van der Waals surface area (Å²) in [4.78, 5) is 10.0. The van der Waals surface area contributed by atoms with E-state index in [9.17, 15) is 4.79 Å². The minimum absolute atomic E-state index is 0.202. The maximum absolute atomic E-state index is 10.0. The van der Waals surface area contributed by atoms with Crippen molar-refractivity contribution in [3.8, 4) is 0 Å². The Kier molecular flexibility index (Phi) is 6.65. The quantitative estimate of drug-likeness (QED) is 0.581. The Morgan fingerprint density at radius 1 is 1.23 bits per heavy atom. The number of unbranched alkanes of at least 4 members (excludes halogenated alkanes) is 1. The summed E-state index contributed by atoms with van der Waals surface area (Å²) in [5, 5.41) is 0. The van der Waals surface area contributed by atoms with Crippen molar-refractivity contribution < 1.29 is 9.53 Å². The van der Waals surface area contributed by atoms with Crippen LogP contribution in [0.15, 0.2) is 0 Å². The van der Waals surface area contributed by atoms with E-state index in [0.29, 0.717) is 6.61 Å². The van der Waals surface area contributed by atoms with Crippen LogP contribution in [-0.4, -0.2) is 13.1 Å². The van der Waals surface area contributed by atoms with Crippen molar-refractivity contribution >= 4 is 6.47 Å². The van der Waals surface area contributed by atoms with Crippen LogP contribution in [0.4, 0.5) is 0 Å². The Morgan fingerprint density at radius 3 is 2.23 bits per heavy atom. The summed E-state index contributed by atoms with van der Waals surface area (Å²) in [6.45, 7) is 8.55. The van der Waals surface area contributed by atoms with Crippen LogP contribution in [0, 0.1) is 5.41 Å². The van der Waals surface area contributed by atoms with Crippen molar-refractivity contribution in [3.05, 3.63) is 0 Å². The van der Waals surface area contributed by atoms with Gasteiger partial charge in [-0.1, -0.05) is 33.6 Å². The smallest absolute Gasteiger partial charge is 0.417 e. The summed E-state index contributed by atoms with van der Waals surface area (Å²) in [6.07, 6.45) is 5.71. The van der Waals surface area contributed by atoms with Gasteiger partial charge in [-0.25, -0.2) is 4.79 Å². The second-order valence-corrected chi connectivity index (χ2v) is 3.68. The fourth-order valence-electron chi connectivity index (χ4n) is 1.61. The topological polar surface area (TPSA) is 26.3 Å². The van der Waals surface area contributed by atoms with E-state index in [4.69, 9.17) is 4.74 Å². The van der Waals surface area contributed by atoms with E-state index in [-0.39, 0.29) is 5.41 Å². The zero-order chi connectivity index (χ0) is 10.2. The molecule has 0 aliphatic heterocycles. The molecular formula is C11H21O2. The molecule has 0 aliphatic rings. The molecule has 13 heavy (non-hydrogen) atoms. The molecule has 0 unspecified atom stereocenters. The molecule has 0 heterocycles. The number of hydrogen-bond acceptors (Lipinski definition) is 2. The predicted molar refractivity (Wildman–Crippen MR) is 54.2 cm³/mol. The van der Waals surface area contributed by atoms with Gasteiger partial charge in [0.2, 0.25) is 0 Å². The van der Waals surface area contributed by atoms with Gasteiger partial charge in [0, 0.05) is 5.41 Å². The normalized spacial score (nSPS) is 11.3. The maximum Gasteiger partial charge on any atom is 0.417 e. The van der Waals surface area contributed by atoms with E-state index < -0.39 is 0 Å². The van der Waals surface area contributed by atoms with Gasteiger partial charge >= 0.3 is 6.47 Å². The first-order valence-electron chi connectivity index (χ1n) is 5.23. The Balaban J connectivity index is 4.04. The first-order valence-corrected chi connectivity index (χ1v) is 5.23. The zero-order valence-corrected chi connectivity index (χ0v) is 9.06. The largest absolute Gasteiger partial charge is 0.457 e. The van der Waals surface area contributed by atoms with Gasteiger partial charge < -0.3 is 4.74 Å². The molecule has 0 amide bonds. The Hall–Kier alpha value is -0.530. The molecule has 0 saturated heterocycles. The molecule has 2 nitrogen and oxygen atoms in total. The number of ether oxygens (including phenoxy) is 1. The lowest BCUT2D eigenvalue weighted by molar-refractivity contribution is 0.107. The third kappa shape index (κ3) is 4.30. The van der Waals surface area contributed by atoms with Gasteiger partial charge in [-0.2, -0.15) is 0 Å². The lowest BCUT2D eigenvalue weighted by Crippen LogP contribution is -2.25. The highest BCUT2D eigenvalue weighted by Gasteiger charge is 2.26. The monoisotopic (exact) mass is 185 g/mol. The third-order valence-electron chi connectivity index (χ3n) is 3.00. The van der Waals surface area contributed by atoms with Crippen molar-refractivity contribution in [2.45, 2.75) is 52.9 Å². The molecule has 0 aromatic carbocycles. The molecule has 0 aliphatic carbocycles. The molecular weight excluding hydrogens is 164 g/mol. The van der Waals surface area contributed by atoms with Gasteiger partial charge in [0.05, 0.1) is 6.61 Å². The highest BCUT2D eigenvalue weighted by molar-refractivity contribution is 5.38. The number of carbonyl (C=O) groups excluding carboxylic acids is 1. The molecule has 0 N–H and O–H groups in total. The Labute approximate surface area is 81.7 Å².